The van der Waals surface area contributed by atoms with Gasteiger partial charge in [0, 0.05) is 44.5 Å². The highest BCUT2D eigenvalue weighted by Gasteiger charge is 2.30. The highest BCUT2D eigenvalue weighted by Crippen LogP contribution is 2.41. The maximum absolute atomic E-state index is 13.4. The van der Waals surface area contributed by atoms with E-state index in [1.807, 2.05) is 25.1 Å². The molecule has 40 heavy (non-hydrogen) atoms. The van der Waals surface area contributed by atoms with Gasteiger partial charge in [-0.2, -0.15) is 0 Å². The molecule has 11 heteroatoms. The Morgan fingerprint density at radius 1 is 1.02 bits per heavy atom. The van der Waals surface area contributed by atoms with E-state index < -0.39 is 5.97 Å². The first-order valence-electron chi connectivity index (χ1n) is 12.7. The second-order valence-electron chi connectivity index (χ2n) is 9.90. The molecule has 208 valence electrons. The third-order valence-corrected chi connectivity index (χ3v) is 6.82. The van der Waals surface area contributed by atoms with Gasteiger partial charge in [-0.25, -0.2) is 4.79 Å². The summed E-state index contributed by atoms with van der Waals surface area (Å²) in [5.74, 6) is 0.214. The minimum Gasteiger partial charge on any atom is -0.465 e. The fourth-order valence-corrected chi connectivity index (χ4v) is 4.63. The van der Waals surface area contributed by atoms with E-state index in [1.54, 1.807) is 66.2 Å². The maximum Gasteiger partial charge on any atom is 0.337 e. The van der Waals surface area contributed by atoms with Crippen molar-refractivity contribution in [2.75, 3.05) is 58.8 Å². The van der Waals surface area contributed by atoms with E-state index in [0.717, 1.165) is 6.54 Å². The summed E-state index contributed by atoms with van der Waals surface area (Å²) in [4.78, 5) is 42.3. The molecular formula is C29H31N5O6. The van der Waals surface area contributed by atoms with Crippen LogP contribution in [0.4, 0.5) is 11.4 Å². The van der Waals surface area contributed by atoms with Crippen LogP contribution in [0.25, 0.3) is 11.3 Å². The summed E-state index contributed by atoms with van der Waals surface area (Å²) in [6.07, 6.45) is 1.80. The van der Waals surface area contributed by atoms with Gasteiger partial charge in [0.2, 0.25) is 6.79 Å². The molecule has 0 bridgehead atoms. The van der Waals surface area contributed by atoms with E-state index in [2.05, 4.69) is 10.6 Å². The van der Waals surface area contributed by atoms with Gasteiger partial charge in [-0.3, -0.25) is 9.59 Å². The molecule has 2 aliphatic heterocycles. The number of fused-ring (bicyclic) bond motifs is 2. The lowest BCUT2D eigenvalue weighted by atomic mass is 9.98. The summed E-state index contributed by atoms with van der Waals surface area (Å²) in [7, 11) is 8.80. The van der Waals surface area contributed by atoms with Crippen molar-refractivity contribution in [1.82, 2.24) is 14.4 Å². The SMILES string of the molecule is COC(=O)c1ccc2c(c1)NC(=O)C2=C(Nc1cc(C(=O)N(C)CCN(C)C)n(C)c1)c1ccc2c(c1)OCO2. The molecule has 2 amide bonds. The molecule has 2 N–H and O–H groups in total. The largest absolute Gasteiger partial charge is 0.465 e. The van der Waals surface area contributed by atoms with E-state index in [-0.39, 0.29) is 18.6 Å². The number of rotatable bonds is 8. The standard InChI is InChI=1S/C29H31N5O6/c1-32(2)10-11-33(3)28(36)22-14-19(15-34(22)4)30-26(17-7-9-23-24(13-17)40-16-39-23)25-20-8-6-18(29(37)38-5)12-21(20)31-27(25)35/h6-9,12-15,30H,10-11,16H2,1-5H3,(H,31,35). The number of benzene rings is 2. The second-order valence-corrected chi connectivity index (χ2v) is 9.90. The van der Waals surface area contributed by atoms with Gasteiger partial charge in [0.15, 0.2) is 11.5 Å². The number of hydrogen-bond donors (Lipinski definition) is 2. The van der Waals surface area contributed by atoms with Crippen molar-refractivity contribution in [2.24, 2.45) is 7.05 Å². The first-order chi connectivity index (χ1) is 19.2. The summed E-state index contributed by atoms with van der Waals surface area (Å²) in [5, 5.41) is 6.24. The third-order valence-electron chi connectivity index (χ3n) is 6.82. The van der Waals surface area contributed by atoms with Crippen molar-refractivity contribution in [2.45, 2.75) is 0 Å². The fraction of sp³-hybridized carbons (Fsp3) is 0.276. The summed E-state index contributed by atoms with van der Waals surface area (Å²) < 4.78 is 17.6. The lowest BCUT2D eigenvalue weighted by molar-refractivity contribution is -0.110. The van der Waals surface area contributed by atoms with Crippen LogP contribution in [0.1, 0.15) is 32.0 Å². The molecule has 0 fully saturated rings. The van der Waals surface area contributed by atoms with Crippen molar-refractivity contribution in [3.8, 4) is 11.5 Å². The highest BCUT2D eigenvalue weighted by atomic mass is 16.7. The number of ether oxygens (including phenoxy) is 3. The fourth-order valence-electron chi connectivity index (χ4n) is 4.63. The molecule has 0 atom stereocenters. The zero-order valence-electron chi connectivity index (χ0n) is 23.0. The van der Waals surface area contributed by atoms with Gasteiger partial charge in [-0.15, -0.1) is 0 Å². The average Bonchev–Trinajstić information content (AvgIpc) is 3.64. The Labute approximate surface area is 231 Å². The van der Waals surface area contributed by atoms with E-state index in [9.17, 15) is 14.4 Å². The Bertz CT molecular complexity index is 1540. The number of nitrogens with one attached hydrogen (secondary N) is 2. The molecule has 11 nitrogen and oxygen atoms in total. The molecule has 1 aromatic heterocycles. The molecule has 0 radical (unpaired) electrons. The number of nitrogens with zero attached hydrogens (tertiary/aromatic N) is 3. The third kappa shape index (κ3) is 5.10. The van der Waals surface area contributed by atoms with Gasteiger partial charge in [-0.1, -0.05) is 6.07 Å². The summed E-state index contributed by atoms with van der Waals surface area (Å²) in [6, 6.07) is 12.1. The zero-order chi connectivity index (χ0) is 28.6. The molecular weight excluding hydrogens is 514 g/mol. The zero-order valence-corrected chi connectivity index (χ0v) is 23.0. The van der Waals surface area contributed by atoms with E-state index in [4.69, 9.17) is 14.2 Å². The summed E-state index contributed by atoms with van der Waals surface area (Å²) in [6.45, 7) is 1.43. The number of anilines is 2. The van der Waals surface area contributed by atoms with Crippen LogP contribution in [0.2, 0.25) is 0 Å². The molecule has 5 rings (SSSR count). The molecule has 0 spiro atoms. The summed E-state index contributed by atoms with van der Waals surface area (Å²) >= 11 is 0. The number of aromatic nitrogens is 1. The van der Waals surface area contributed by atoms with Crippen LogP contribution in [0, 0.1) is 0 Å². The van der Waals surface area contributed by atoms with Crippen molar-refractivity contribution >= 4 is 40.4 Å². The average molecular weight is 546 g/mol. The molecule has 3 heterocycles. The van der Waals surface area contributed by atoms with Gasteiger partial charge < -0.3 is 39.2 Å². The number of carbonyl (C=O) groups is 3. The van der Waals surface area contributed by atoms with E-state index in [1.165, 1.54) is 7.11 Å². The quantitative estimate of drug-likeness (QED) is 0.328. The monoisotopic (exact) mass is 545 g/mol. The van der Waals surface area contributed by atoms with Gasteiger partial charge in [0.05, 0.1) is 35.3 Å². The van der Waals surface area contributed by atoms with Crippen LogP contribution in [-0.4, -0.2) is 80.3 Å². The van der Waals surface area contributed by atoms with Crippen LogP contribution in [0.3, 0.4) is 0 Å². The molecule has 2 aromatic carbocycles. The minimum atomic E-state index is -0.499. The number of esters is 1. The maximum atomic E-state index is 13.4. The Kier molecular flexibility index (Phi) is 7.22. The first-order valence-corrected chi connectivity index (χ1v) is 12.7. The summed E-state index contributed by atoms with van der Waals surface area (Å²) in [5.41, 5.74) is 4.13. The molecule has 0 saturated carbocycles. The molecule has 2 aliphatic rings. The van der Waals surface area contributed by atoms with Crippen molar-refractivity contribution in [3.63, 3.8) is 0 Å². The second kappa shape index (κ2) is 10.8. The number of methoxy groups -OCH3 is 1. The molecule has 3 aromatic rings. The van der Waals surface area contributed by atoms with Crippen LogP contribution in [0.5, 0.6) is 11.5 Å². The van der Waals surface area contributed by atoms with Crippen molar-refractivity contribution in [1.29, 1.82) is 0 Å². The van der Waals surface area contributed by atoms with Crippen LogP contribution in [0.15, 0.2) is 48.7 Å². The number of hydrogen-bond acceptors (Lipinski definition) is 8. The van der Waals surface area contributed by atoms with Crippen molar-refractivity contribution < 1.29 is 28.6 Å². The lowest BCUT2D eigenvalue weighted by Crippen LogP contribution is -2.34. The first kappa shape index (κ1) is 26.8. The number of aryl methyl sites for hydroxylation is 1. The Morgan fingerprint density at radius 3 is 2.52 bits per heavy atom. The highest BCUT2D eigenvalue weighted by molar-refractivity contribution is 6.37. The number of amides is 2. The van der Waals surface area contributed by atoms with Crippen molar-refractivity contribution in [3.05, 3.63) is 71.0 Å². The van der Waals surface area contributed by atoms with E-state index >= 15 is 0 Å². The van der Waals surface area contributed by atoms with Crippen LogP contribution >= 0.6 is 0 Å². The Hall–Kier alpha value is -4.77. The molecule has 0 aliphatic carbocycles. The number of carbonyl (C=O) groups excluding carboxylic acids is 3. The molecule has 0 unspecified atom stereocenters. The predicted molar refractivity (Wildman–Crippen MR) is 150 cm³/mol. The van der Waals surface area contributed by atoms with Crippen LogP contribution < -0.4 is 20.1 Å². The van der Waals surface area contributed by atoms with Crippen LogP contribution in [-0.2, 0) is 16.6 Å². The smallest absolute Gasteiger partial charge is 0.337 e. The van der Waals surface area contributed by atoms with Gasteiger partial charge in [-0.05, 0) is 50.5 Å². The number of likely N-dealkylation sites (N-methyl/N-ethyl adjacent to an activating group) is 2. The predicted octanol–water partition coefficient (Wildman–Crippen LogP) is 3.11. The van der Waals surface area contributed by atoms with E-state index in [0.29, 0.717) is 63.1 Å². The normalized spacial score (nSPS) is 14.6. The Morgan fingerprint density at radius 2 is 1.77 bits per heavy atom. The van der Waals surface area contributed by atoms with Gasteiger partial charge in [0.25, 0.3) is 11.8 Å². The topological polar surface area (TPSA) is 114 Å². The Balaban J connectivity index is 1.56. The molecule has 0 saturated heterocycles. The minimum absolute atomic E-state index is 0.114. The van der Waals surface area contributed by atoms with Gasteiger partial charge >= 0.3 is 5.97 Å². The lowest BCUT2D eigenvalue weighted by Gasteiger charge is -2.19. The van der Waals surface area contributed by atoms with Gasteiger partial charge in [0.1, 0.15) is 5.69 Å².